The number of hydrazine groups is 1. The minimum atomic E-state index is -0.678. The summed E-state index contributed by atoms with van der Waals surface area (Å²) >= 11 is 0. The van der Waals surface area contributed by atoms with Crippen molar-refractivity contribution >= 4 is 29.4 Å². The van der Waals surface area contributed by atoms with Crippen LogP contribution in [0.5, 0.6) is 0 Å². The van der Waals surface area contributed by atoms with Crippen LogP contribution in [-0.4, -0.2) is 61.1 Å². The van der Waals surface area contributed by atoms with Crippen molar-refractivity contribution in [3.8, 4) is 11.1 Å². The molecule has 1 aliphatic heterocycles. The first-order valence-electron chi connectivity index (χ1n) is 20.7. The molecule has 1 aromatic heterocycles. The Kier molecular flexibility index (Phi) is 15.0. The predicted octanol–water partition coefficient (Wildman–Crippen LogP) is 8.90. The molecule has 5 rings (SSSR count). The molecule has 2 heterocycles. The van der Waals surface area contributed by atoms with E-state index in [1.54, 1.807) is 12.1 Å². The second-order valence-electron chi connectivity index (χ2n) is 17.0. The Morgan fingerprint density at radius 1 is 0.982 bits per heavy atom. The number of allylic oxidation sites excluding steroid dienone is 2. The second kappa shape index (κ2) is 19.7. The van der Waals surface area contributed by atoms with Crippen LogP contribution in [0.2, 0.25) is 0 Å². The molecular formula is C47H64N4O5. The Hall–Kier alpha value is -4.34. The Morgan fingerprint density at radius 3 is 2.41 bits per heavy atom. The maximum Gasteiger partial charge on any atom is 0.293 e. The quantitative estimate of drug-likeness (QED) is 0.132. The standard InChI is InChI=1S/C47H64N4O5/c1-31(2)43(39-19-14-22-48-44(39)34(5)55-8)41(28-47(6,7)29-56-30-52)40-27-38(21-20-32(40)3)37-18-13-15-35(25-37)26-42(46(54)51-24-12-11-23-49-51)50-45(53)33(4)36-16-9-10-17-36/h13-15,18-22,25,27,30-31,33-34,36,42,49H,9-12,16-17,23-24,26,28-29H2,1-8H3,(H,50,53)/b43-41+. The third-order valence-electron chi connectivity index (χ3n) is 11.7. The molecule has 1 saturated carbocycles. The summed E-state index contributed by atoms with van der Waals surface area (Å²) in [6, 6.07) is 18.4. The van der Waals surface area contributed by atoms with Crippen LogP contribution in [0, 0.1) is 30.1 Å². The van der Waals surface area contributed by atoms with Crippen LogP contribution in [0.15, 0.2) is 60.8 Å². The number of carbonyl (C=O) groups excluding carboxylic acids is 3. The highest BCUT2D eigenvalue weighted by Gasteiger charge is 2.33. The lowest BCUT2D eigenvalue weighted by Crippen LogP contribution is -2.56. The van der Waals surface area contributed by atoms with Crippen LogP contribution in [0.4, 0.5) is 0 Å². The zero-order valence-corrected chi connectivity index (χ0v) is 35.0. The highest BCUT2D eigenvalue weighted by molar-refractivity contribution is 5.94. The smallest absolute Gasteiger partial charge is 0.293 e. The van der Waals surface area contributed by atoms with Crippen molar-refractivity contribution in [3.63, 3.8) is 0 Å². The summed E-state index contributed by atoms with van der Waals surface area (Å²) in [5.41, 5.74) is 12.5. The van der Waals surface area contributed by atoms with E-state index in [-0.39, 0.29) is 41.8 Å². The van der Waals surface area contributed by atoms with E-state index in [0.29, 0.717) is 31.8 Å². The van der Waals surface area contributed by atoms with Gasteiger partial charge in [0, 0.05) is 49.7 Å². The largest absolute Gasteiger partial charge is 0.467 e. The van der Waals surface area contributed by atoms with E-state index in [4.69, 9.17) is 14.5 Å². The molecule has 2 amide bonds. The zero-order valence-electron chi connectivity index (χ0n) is 35.0. The Bertz CT molecular complexity index is 1840. The molecule has 1 aliphatic carbocycles. The Labute approximate surface area is 335 Å². The number of ether oxygens (including phenoxy) is 2. The lowest BCUT2D eigenvalue weighted by atomic mass is 9.76. The van der Waals surface area contributed by atoms with E-state index in [1.165, 1.54) is 11.1 Å². The number of aromatic nitrogens is 1. The van der Waals surface area contributed by atoms with E-state index in [1.807, 2.05) is 38.2 Å². The number of carbonyl (C=O) groups is 3. The van der Waals surface area contributed by atoms with E-state index in [0.717, 1.165) is 84.1 Å². The fourth-order valence-corrected chi connectivity index (χ4v) is 8.51. The van der Waals surface area contributed by atoms with Gasteiger partial charge in [-0.1, -0.05) is 89.9 Å². The van der Waals surface area contributed by atoms with Crippen molar-refractivity contribution in [2.45, 2.75) is 112 Å². The molecule has 9 heteroatoms. The monoisotopic (exact) mass is 764 g/mol. The lowest BCUT2D eigenvalue weighted by Gasteiger charge is -2.32. The van der Waals surface area contributed by atoms with Crippen molar-refractivity contribution < 1.29 is 23.9 Å². The van der Waals surface area contributed by atoms with E-state index < -0.39 is 6.04 Å². The SMILES string of the molecule is COC(C)c1ncccc1/C(=C(\CC(C)(C)COC=O)c1cc(-c2cccc(CC(NC(=O)C(C)C3CCCC3)C(=O)N3CCCCN3)c2)ccc1C)C(C)C. The molecule has 0 bridgehead atoms. The number of nitrogens with one attached hydrogen (secondary N) is 2. The third kappa shape index (κ3) is 10.7. The number of pyridine rings is 1. The van der Waals surface area contributed by atoms with Crippen LogP contribution < -0.4 is 10.7 Å². The summed E-state index contributed by atoms with van der Waals surface area (Å²) < 4.78 is 11.2. The molecule has 2 aliphatic rings. The molecule has 2 fully saturated rings. The lowest BCUT2D eigenvalue weighted by molar-refractivity contribution is -0.141. The molecule has 2 N–H and O–H groups in total. The van der Waals surface area contributed by atoms with Gasteiger partial charge in [0.2, 0.25) is 5.91 Å². The molecule has 2 aromatic carbocycles. The van der Waals surface area contributed by atoms with Gasteiger partial charge in [0.05, 0.1) is 18.4 Å². The van der Waals surface area contributed by atoms with E-state index >= 15 is 0 Å². The van der Waals surface area contributed by atoms with Crippen LogP contribution in [-0.2, 0) is 30.3 Å². The molecule has 9 nitrogen and oxygen atoms in total. The van der Waals surface area contributed by atoms with Crippen LogP contribution in [0.1, 0.15) is 121 Å². The molecule has 1 saturated heterocycles. The number of hydrogen-bond donors (Lipinski definition) is 2. The maximum atomic E-state index is 14.0. The molecular weight excluding hydrogens is 701 g/mol. The van der Waals surface area contributed by atoms with Gasteiger partial charge in [-0.25, -0.2) is 5.43 Å². The minimum absolute atomic E-state index is 0.0370. The normalized spacial score (nSPS) is 17.3. The summed E-state index contributed by atoms with van der Waals surface area (Å²) in [6.45, 7) is 17.0. The van der Waals surface area contributed by atoms with E-state index in [9.17, 15) is 14.4 Å². The molecule has 3 atom stereocenters. The van der Waals surface area contributed by atoms with Gasteiger partial charge >= 0.3 is 0 Å². The summed E-state index contributed by atoms with van der Waals surface area (Å²) in [5.74, 6) is 0.248. The highest BCUT2D eigenvalue weighted by Crippen LogP contribution is 2.43. The summed E-state index contributed by atoms with van der Waals surface area (Å²) in [7, 11) is 1.71. The number of benzene rings is 2. The van der Waals surface area contributed by atoms with Gasteiger partial charge in [-0.2, -0.15) is 0 Å². The second-order valence-corrected chi connectivity index (χ2v) is 17.0. The van der Waals surface area contributed by atoms with Gasteiger partial charge in [0.1, 0.15) is 6.04 Å². The fraction of sp³-hybridized carbons (Fsp3) is 0.532. The van der Waals surface area contributed by atoms with Crippen LogP contribution in [0.3, 0.4) is 0 Å². The average molecular weight is 765 g/mol. The van der Waals surface area contributed by atoms with Crippen LogP contribution >= 0.6 is 0 Å². The number of methoxy groups -OCH3 is 1. The number of rotatable bonds is 17. The van der Waals surface area contributed by atoms with Gasteiger partial charge in [0.15, 0.2) is 0 Å². The number of aryl methyl sites for hydroxylation is 1. The number of amides is 2. The number of nitrogens with zero attached hydrogens (tertiary/aromatic N) is 2. The molecule has 0 spiro atoms. The van der Waals surface area contributed by atoms with Crippen molar-refractivity contribution in [2.24, 2.45) is 23.2 Å². The summed E-state index contributed by atoms with van der Waals surface area (Å²) in [6.07, 6.45) is 9.07. The van der Waals surface area contributed by atoms with Crippen molar-refractivity contribution in [3.05, 3.63) is 88.7 Å². The fourth-order valence-electron chi connectivity index (χ4n) is 8.51. The molecule has 302 valence electrons. The highest BCUT2D eigenvalue weighted by atomic mass is 16.5. The molecule has 56 heavy (non-hydrogen) atoms. The molecule has 3 aromatic rings. The average Bonchev–Trinajstić information content (AvgIpc) is 3.75. The topological polar surface area (TPSA) is 110 Å². The van der Waals surface area contributed by atoms with Crippen molar-refractivity contribution in [1.82, 2.24) is 20.7 Å². The van der Waals surface area contributed by atoms with Gasteiger partial charge in [-0.05, 0) is 109 Å². The number of hydrogen-bond acceptors (Lipinski definition) is 7. The predicted molar refractivity (Wildman–Crippen MR) is 224 cm³/mol. The Morgan fingerprint density at radius 2 is 1.73 bits per heavy atom. The molecule has 3 unspecified atom stereocenters. The van der Waals surface area contributed by atoms with Crippen molar-refractivity contribution in [2.75, 3.05) is 26.8 Å². The van der Waals surface area contributed by atoms with Gasteiger partial charge in [-0.15, -0.1) is 0 Å². The third-order valence-corrected chi connectivity index (χ3v) is 11.7. The minimum Gasteiger partial charge on any atom is -0.467 e. The molecule has 0 radical (unpaired) electrons. The first-order valence-corrected chi connectivity index (χ1v) is 20.7. The van der Waals surface area contributed by atoms with Crippen LogP contribution in [0.25, 0.3) is 22.3 Å². The van der Waals surface area contributed by atoms with Gasteiger partial charge < -0.3 is 14.8 Å². The zero-order chi connectivity index (χ0) is 40.4. The first kappa shape index (κ1) is 42.8. The first-order chi connectivity index (χ1) is 26.8. The van der Waals surface area contributed by atoms with Gasteiger partial charge in [-0.3, -0.25) is 24.4 Å². The van der Waals surface area contributed by atoms with Crippen molar-refractivity contribution in [1.29, 1.82) is 0 Å². The van der Waals surface area contributed by atoms with Gasteiger partial charge in [0.25, 0.3) is 12.4 Å². The van der Waals surface area contributed by atoms with E-state index in [2.05, 4.69) is 81.8 Å². The summed E-state index contributed by atoms with van der Waals surface area (Å²) in [5, 5.41) is 4.90. The summed E-state index contributed by atoms with van der Waals surface area (Å²) in [4.78, 5) is 43.8. The Balaban J connectivity index is 1.56. The maximum absolute atomic E-state index is 14.0.